The van der Waals surface area contributed by atoms with Crippen molar-refractivity contribution in [3.05, 3.63) is 69.1 Å². The number of aromatic nitrogens is 6. The van der Waals surface area contributed by atoms with Crippen molar-refractivity contribution in [1.82, 2.24) is 30.4 Å². The number of hydrogen-bond acceptors (Lipinski definition) is 4. The van der Waals surface area contributed by atoms with Crippen LogP contribution < -0.4 is 0 Å². The van der Waals surface area contributed by atoms with Crippen LogP contribution in [-0.4, -0.2) is 30.4 Å². The molecule has 0 bridgehead atoms. The van der Waals surface area contributed by atoms with Gasteiger partial charge >= 0.3 is 0 Å². The number of hydrogen-bond donors (Lipinski definition) is 1. The van der Waals surface area contributed by atoms with Gasteiger partial charge in [-0.2, -0.15) is 10.3 Å². The molecule has 0 aliphatic heterocycles. The van der Waals surface area contributed by atoms with Crippen LogP contribution in [0.2, 0.25) is 10.0 Å². The Balaban J connectivity index is 1.77. The SMILES string of the molecule is Cc1ccc2c(/C=C/c3nn[nH]n3)nn(Cc3ccc(Cl)cc3Cl)c2c1. The molecule has 0 aliphatic carbocycles. The summed E-state index contributed by atoms with van der Waals surface area (Å²) in [7, 11) is 0. The minimum Gasteiger partial charge on any atom is -0.260 e. The zero-order valence-electron chi connectivity index (χ0n) is 13.8. The molecule has 0 fully saturated rings. The van der Waals surface area contributed by atoms with Gasteiger partial charge in [0.05, 0.1) is 17.8 Å². The first-order valence-corrected chi connectivity index (χ1v) is 8.68. The summed E-state index contributed by atoms with van der Waals surface area (Å²) in [5.41, 5.74) is 3.98. The van der Waals surface area contributed by atoms with Crippen molar-refractivity contribution in [3.8, 4) is 0 Å². The highest BCUT2D eigenvalue weighted by Crippen LogP contribution is 2.26. The number of halogens is 2. The van der Waals surface area contributed by atoms with Crippen molar-refractivity contribution in [2.75, 3.05) is 0 Å². The van der Waals surface area contributed by atoms with Crippen LogP contribution in [0, 0.1) is 6.92 Å². The van der Waals surface area contributed by atoms with Gasteiger partial charge in [-0.3, -0.25) is 4.68 Å². The Bertz CT molecular complexity index is 1100. The molecule has 6 nitrogen and oxygen atoms in total. The van der Waals surface area contributed by atoms with Gasteiger partial charge in [-0.15, -0.1) is 10.2 Å². The van der Waals surface area contributed by atoms with Crippen LogP contribution >= 0.6 is 23.2 Å². The van der Waals surface area contributed by atoms with E-state index >= 15 is 0 Å². The summed E-state index contributed by atoms with van der Waals surface area (Å²) in [6, 6.07) is 11.7. The van der Waals surface area contributed by atoms with E-state index in [0.717, 1.165) is 27.7 Å². The minimum absolute atomic E-state index is 0.501. The molecule has 2 aromatic heterocycles. The second kappa shape index (κ2) is 6.90. The van der Waals surface area contributed by atoms with E-state index in [0.29, 0.717) is 22.4 Å². The van der Waals surface area contributed by atoms with Gasteiger partial charge in [0.15, 0.2) is 5.82 Å². The number of H-pyrrole nitrogens is 1. The van der Waals surface area contributed by atoms with E-state index in [1.165, 1.54) is 0 Å². The number of aryl methyl sites for hydroxylation is 1. The van der Waals surface area contributed by atoms with Crippen molar-refractivity contribution in [2.45, 2.75) is 13.5 Å². The molecular weight excluding hydrogens is 371 g/mol. The number of nitrogens with zero attached hydrogens (tertiary/aromatic N) is 5. The highest BCUT2D eigenvalue weighted by molar-refractivity contribution is 6.35. The molecule has 26 heavy (non-hydrogen) atoms. The molecule has 4 aromatic rings. The molecule has 4 rings (SSSR count). The van der Waals surface area contributed by atoms with Gasteiger partial charge in [0.25, 0.3) is 0 Å². The maximum absolute atomic E-state index is 6.33. The molecule has 8 heteroatoms. The van der Waals surface area contributed by atoms with Crippen LogP contribution in [0.1, 0.15) is 22.6 Å². The van der Waals surface area contributed by atoms with Gasteiger partial charge in [-0.05, 0) is 53.6 Å². The third-order valence-electron chi connectivity index (χ3n) is 4.02. The van der Waals surface area contributed by atoms with Crippen molar-refractivity contribution >= 4 is 46.3 Å². The van der Waals surface area contributed by atoms with Crippen LogP contribution in [0.5, 0.6) is 0 Å². The van der Waals surface area contributed by atoms with E-state index in [2.05, 4.69) is 45.7 Å². The van der Waals surface area contributed by atoms with Crippen LogP contribution in [-0.2, 0) is 6.54 Å². The van der Waals surface area contributed by atoms with Crippen LogP contribution in [0.15, 0.2) is 36.4 Å². The number of aromatic amines is 1. The maximum Gasteiger partial charge on any atom is 0.197 e. The number of fused-ring (bicyclic) bond motifs is 1. The molecule has 0 amide bonds. The Kier molecular flexibility index (Phi) is 4.44. The average molecular weight is 385 g/mol. The molecule has 0 radical (unpaired) electrons. The predicted octanol–water partition coefficient (Wildman–Crippen LogP) is 4.38. The van der Waals surface area contributed by atoms with E-state index in [1.807, 2.05) is 22.9 Å². The molecule has 2 heterocycles. The molecule has 0 saturated carbocycles. The quantitative estimate of drug-likeness (QED) is 0.566. The van der Waals surface area contributed by atoms with E-state index in [1.54, 1.807) is 12.1 Å². The Labute approximate surface area is 159 Å². The Morgan fingerprint density at radius 2 is 2.00 bits per heavy atom. The van der Waals surface area contributed by atoms with Crippen LogP contribution in [0.4, 0.5) is 0 Å². The fraction of sp³-hybridized carbons (Fsp3) is 0.111. The van der Waals surface area contributed by atoms with Crippen molar-refractivity contribution in [3.63, 3.8) is 0 Å². The summed E-state index contributed by atoms with van der Waals surface area (Å²) in [5.74, 6) is 0.501. The molecular formula is C18H14Cl2N6. The molecule has 0 spiro atoms. The van der Waals surface area contributed by atoms with Crippen molar-refractivity contribution in [1.29, 1.82) is 0 Å². The Morgan fingerprint density at radius 3 is 2.77 bits per heavy atom. The first kappa shape index (κ1) is 16.8. The Hall–Kier alpha value is -2.70. The smallest absolute Gasteiger partial charge is 0.197 e. The number of benzene rings is 2. The van der Waals surface area contributed by atoms with Crippen molar-refractivity contribution in [2.24, 2.45) is 0 Å². The first-order chi connectivity index (χ1) is 12.6. The molecule has 0 aliphatic rings. The highest BCUT2D eigenvalue weighted by Gasteiger charge is 2.11. The summed E-state index contributed by atoms with van der Waals surface area (Å²) in [6.07, 6.45) is 3.65. The van der Waals surface area contributed by atoms with Gasteiger partial charge in [-0.1, -0.05) is 41.4 Å². The largest absolute Gasteiger partial charge is 0.260 e. The number of nitrogens with one attached hydrogen (secondary N) is 1. The fourth-order valence-corrected chi connectivity index (χ4v) is 3.23. The normalized spacial score (nSPS) is 11.7. The topological polar surface area (TPSA) is 72.3 Å². The van der Waals surface area contributed by atoms with Crippen LogP contribution in [0.3, 0.4) is 0 Å². The second-order valence-corrected chi connectivity index (χ2v) is 6.75. The lowest BCUT2D eigenvalue weighted by atomic mass is 10.1. The van der Waals surface area contributed by atoms with Gasteiger partial charge in [-0.25, -0.2) is 0 Å². The maximum atomic E-state index is 6.33. The zero-order valence-corrected chi connectivity index (χ0v) is 15.3. The van der Waals surface area contributed by atoms with Gasteiger partial charge in [0.1, 0.15) is 0 Å². The second-order valence-electron chi connectivity index (χ2n) is 5.90. The minimum atomic E-state index is 0.501. The lowest BCUT2D eigenvalue weighted by molar-refractivity contribution is 0.709. The van der Waals surface area contributed by atoms with Gasteiger partial charge in [0, 0.05) is 15.4 Å². The summed E-state index contributed by atoms with van der Waals surface area (Å²) < 4.78 is 1.94. The van der Waals surface area contributed by atoms with E-state index in [9.17, 15) is 0 Å². The van der Waals surface area contributed by atoms with Crippen molar-refractivity contribution < 1.29 is 0 Å². The average Bonchev–Trinajstić information content (AvgIpc) is 3.23. The molecule has 0 atom stereocenters. The summed E-state index contributed by atoms with van der Waals surface area (Å²) >= 11 is 12.3. The van der Waals surface area contributed by atoms with E-state index in [-0.39, 0.29) is 0 Å². The van der Waals surface area contributed by atoms with E-state index < -0.39 is 0 Å². The Morgan fingerprint density at radius 1 is 1.12 bits per heavy atom. The predicted molar refractivity (Wildman–Crippen MR) is 103 cm³/mol. The third kappa shape index (κ3) is 3.34. The monoisotopic (exact) mass is 384 g/mol. The third-order valence-corrected chi connectivity index (χ3v) is 4.61. The number of rotatable bonds is 4. The van der Waals surface area contributed by atoms with Crippen LogP contribution in [0.25, 0.3) is 23.1 Å². The fourth-order valence-electron chi connectivity index (χ4n) is 2.76. The zero-order chi connectivity index (χ0) is 18.1. The lowest BCUT2D eigenvalue weighted by Gasteiger charge is -2.07. The molecule has 2 aromatic carbocycles. The summed E-state index contributed by atoms with van der Waals surface area (Å²) in [5, 5.41) is 20.8. The number of tetrazole rings is 1. The molecule has 130 valence electrons. The van der Waals surface area contributed by atoms with Gasteiger partial charge < -0.3 is 0 Å². The standard InChI is InChI=1S/C18H14Cl2N6/c1-11-2-5-14-16(6-7-18-21-24-25-22-18)23-26(17(14)8-11)10-12-3-4-13(19)9-15(12)20/h2-9H,10H2,1H3,(H,21,22,24,25)/b7-6+. The molecule has 0 saturated heterocycles. The first-order valence-electron chi connectivity index (χ1n) is 7.93. The summed E-state index contributed by atoms with van der Waals surface area (Å²) in [6.45, 7) is 2.60. The highest BCUT2D eigenvalue weighted by atomic mass is 35.5. The summed E-state index contributed by atoms with van der Waals surface area (Å²) in [4.78, 5) is 0. The molecule has 1 N–H and O–H groups in total. The van der Waals surface area contributed by atoms with Gasteiger partial charge in [0.2, 0.25) is 0 Å². The molecule has 0 unspecified atom stereocenters. The van der Waals surface area contributed by atoms with E-state index in [4.69, 9.17) is 28.3 Å². The lowest BCUT2D eigenvalue weighted by Crippen LogP contribution is -2.02.